The van der Waals surface area contributed by atoms with Gasteiger partial charge in [0.15, 0.2) is 0 Å². The molecule has 25 heavy (non-hydrogen) atoms. The van der Waals surface area contributed by atoms with Crippen LogP contribution in [0.3, 0.4) is 0 Å². The summed E-state index contributed by atoms with van der Waals surface area (Å²) in [6.45, 7) is 9.58. The van der Waals surface area contributed by atoms with Crippen molar-refractivity contribution in [3.63, 3.8) is 0 Å². The number of hydrogen-bond donors (Lipinski definition) is 1. The standard InChI is InChI=1S/C23H30N2/c1-3-25(19(2)17-20-11-6-4-7-12-20)18-22-15-10-16-24-23(22)21-13-8-5-9-14-21/h4,6-8,10-15,22-24H,2-3,5,9,16-18H2,1H3. The van der Waals surface area contributed by atoms with Crippen molar-refractivity contribution in [2.24, 2.45) is 5.92 Å². The third-order valence-corrected chi connectivity index (χ3v) is 5.16. The first-order valence-corrected chi connectivity index (χ1v) is 9.51. The van der Waals surface area contributed by atoms with Gasteiger partial charge in [-0.15, -0.1) is 0 Å². The lowest BCUT2D eigenvalue weighted by molar-refractivity contribution is 0.288. The van der Waals surface area contributed by atoms with Crippen LogP contribution in [-0.4, -0.2) is 30.6 Å². The van der Waals surface area contributed by atoms with Gasteiger partial charge in [-0.3, -0.25) is 0 Å². The molecule has 2 heteroatoms. The summed E-state index contributed by atoms with van der Waals surface area (Å²) in [6, 6.07) is 11.1. The summed E-state index contributed by atoms with van der Waals surface area (Å²) in [5.41, 5.74) is 3.99. The minimum Gasteiger partial charge on any atom is -0.375 e. The van der Waals surface area contributed by atoms with E-state index in [9.17, 15) is 0 Å². The Balaban J connectivity index is 1.67. The molecule has 0 radical (unpaired) electrons. The largest absolute Gasteiger partial charge is 0.375 e. The van der Waals surface area contributed by atoms with Gasteiger partial charge < -0.3 is 10.2 Å². The average molecular weight is 335 g/mol. The lowest BCUT2D eigenvalue weighted by Crippen LogP contribution is -2.45. The quantitative estimate of drug-likeness (QED) is 0.739. The molecule has 2 nitrogen and oxygen atoms in total. The summed E-state index contributed by atoms with van der Waals surface area (Å²) >= 11 is 0. The summed E-state index contributed by atoms with van der Waals surface area (Å²) in [4.78, 5) is 2.44. The molecule has 3 rings (SSSR count). The number of allylic oxidation sites excluding steroid dienone is 3. The highest BCUT2D eigenvalue weighted by Gasteiger charge is 2.26. The second-order valence-corrected chi connectivity index (χ2v) is 6.93. The molecule has 1 aliphatic heterocycles. The molecule has 2 unspecified atom stereocenters. The minimum absolute atomic E-state index is 0.417. The molecule has 0 fully saturated rings. The zero-order chi connectivity index (χ0) is 17.5. The van der Waals surface area contributed by atoms with E-state index in [0.29, 0.717) is 12.0 Å². The molecular formula is C23H30N2. The van der Waals surface area contributed by atoms with E-state index < -0.39 is 0 Å². The van der Waals surface area contributed by atoms with Crippen LogP contribution in [0.4, 0.5) is 0 Å². The molecule has 0 saturated carbocycles. The molecule has 132 valence electrons. The van der Waals surface area contributed by atoms with Crippen molar-refractivity contribution in [1.29, 1.82) is 0 Å². The van der Waals surface area contributed by atoms with Gasteiger partial charge in [-0.25, -0.2) is 0 Å². The Morgan fingerprint density at radius 1 is 1.20 bits per heavy atom. The third-order valence-electron chi connectivity index (χ3n) is 5.16. The molecule has 1 aromatic rings. The van der Waals surface area contributed by atoms with Crippen LogP contribution in [-0.2, 0) is 6.42 Å². The van der Waals surface area contributed by atoms with Gasteiger partial charge in [0, 0.05) is 43.7 Å². The molecule has 2 atom stereocenters. The fraction of sp³-hybridized carbons (Fsp3) is 0.391. The maximum Gasteiger partial charge on any atom is 0.0399 e. The lowest BCUT2D eigenvalue weighted by atomic mass is 9.87. The van der Waals surface area contributed by atoms with Gasteiger partial charge >= 0.3 is 0 Å². The summed E-state index contributed by atoms with van der Waals surface area (Å²) < 4.78 is 0. The second kappa shape index (κ2) is 8.87. The van der Waals surface area contributed by atoms with Crippen molar-refractivity contribution < 1.29 is 0 Å². The topological polar surface area (TPSA) is 15.3 Å². The Morgan fingerprint density at radius 2 is 2.04 bits per heavy atom. The predicted octanol–water partition coefficient (Wildman–Crippen LogP) is 4.49. The van der Waals surface area contributed by atoms with Crippen LogP contribution in [0.25, 0.3) is 0 Å². The number of nitrogens with zero attached hydrogens (tertiary/aromatic N) is 1. The second-order valence-electron chi connectivity index (χ2n) is 6.93. The molecule has 0 aromatic heterocycles. The molecule has 1 N–H and O–H groups in total. The van der Waals surface area contributed by atoms with Gasteiger partial charge in [0.1, 0.15) is 0 Å². The fourth-order valence-corrected chi connectivity index (χ4v) is 3.78. The van der Waals surface area contributed by atoms with E-state index in [1.54, 1.807) is 0 Å². The predicted molar refractivity (Wildman–Crippen MR) is 107 cm³/mol. The Labute approximate surface area is 152 Å². The van der Waals surface area contributed by atoms with E-state index in [-0.39, 0.29) is 0 Å². The van der Waals surface area contributed by atoms with Gasteiger partial charge in [0.2, 0.25) is 0 Å². The highest BCUT2D eigenvalue weighted by atomic mass is 15.1. The van der Waals surface area contributed by atoms with Crippen LogP contribution in [0.1, 0.15) is 25.3 Å². The van der Waals surface area contributed by atoms with Crippen molar-refractivity contribution >= 4 is 0 Å². The Bertz CT molecular complexity index is 654. The molecule has 0 spiro atoms. The zero-order valence-electron chi connectivity index (χ0n) is 15.3. The summed E-state index contributed by atoms with van der Waals surface area (Å²) in [5.74, 6) is 0.482. The van der Waals surface area contributed by atoms with Crippen LogP contribution in [0, 0.1) is 5.92 Å². The van der Waals surface area contributed by atoms with E-state index in [0.717, 1.165) is 26.1 Å². The number of likely N-dealkylation sites (N-methyl/N-ethyl adjacent to an activating group) is 1. The van der Waals surface area contributed by atoms with Crippen molar-refractivity contribution in [2.75, 3.05) is 19.6 Å². The number of benzene rings is 1. The number of nitrogens with one attached hydrogen (secondary N) is 1. The van der Waals surface area contributed by atoms with Crippen molar-refractivity contribution in [3.8, 4) is 0 Å². The van der Waals surface area contributed by atoms with Crippen LogP contribution in [0.15, 0.2) is 78.6 Å². The van der Waals surface area contributed by atoms with E-state index in [4.69, 9.17) is 0 Å². The van der Waals surface area contributed by atoms with Crippen LogP contribution in [0.5, 0.6) is 0 Å². The Morgan fingerprint density at radius 3 is 2.76 bits per heavy atom. The summed E-state index contributed by atoms with van der Waals surface area (Å²) in [7, 11) is 0. The first kappa shape index (κ1) is 17.8. The van der Waals surface area contributed by atoms with Crippen LogP contribution in [0.2, 0.25) is 0 Å². The van der Waals surface area contributed by atoms with Gasteiger partial charge in [0.25, 0.3) is 0 Å². The van der Waals surface area contributed by atoms with E-state index in [1.165, 1.54) is 29.7 Å². The summed E-state index contributed by atoms with van der Waals surface area (Å²) in [5, 5.41) is 3.69. The molecule has 2 aliphatic rings. The highest BCUT2D eigenvalue weighted by molar-refractivity contribution is 5.31. The minimum atomic E-state index is 0.417. The van der Waals surface area contributed by atoms with Crippen LogP contribution >= 0.6 is 0 Å². The van der Waals surface area contributed by atoms with E-state index in [1.807, 2.05) is 0 Å². The zero-order valence-corrected chi connectivity index (χ0v) is 15.3. The lowest BCUT2D eigenvalue weighted by Gasteiger charge is -2.36. The van der Waals surface area contributed by atoms with Crippen molar-refractivity contribution in [3.05, 3.63) is 84.1 Å². The molecular weight excluding hydrogens is 304 g/mol. The van der Waals surface area contributed by atoms with Gasteiger partial charge in [-0.1, -0.05) is 67.3 Å². The normalized spacial score (nSPS) is 22.5. The molecule has 1 aromatic carbocycles. The molecule has 0 bridgehead atoms. The van der Waals surface area contributed by atoms with E-state index >= 15 is 0 Å². The molecule has 0 saturated heterocycles. The molecule has 1 aliphatic carbocycles. The smallest absolute Gasteiger partial charge is 0.0399 e. The van der Waals surface area contributed by atoms with Gasteiger partial charge in [-0.2, -0.15) is 0 Å². The third kappa shape index (κ3) is 4.73. The maximum absolute atomic E-state index is 4.38. The maximum atomic E-state index is 4.38. The first-order chi connectivity index (χ1) is 12.3. The first-order valence-electron chi connectivity index (χ1n) is 9.51. The SMILES string of the molecule is C=C(Cc1ccccc1)N(CC)CC1C=CCNC1C1=CCCC=C1. The number of rotatable bonds is 7. The van der Waals surface area contributed by atoms with Crippen molar-refractivity contribution in [1.82, 2.24) is 10.2 Å². The Kier molecular flexibility index (Phi) is 6.30. The average Bonchev–Trinajstić information content (AvgIpc) is 2.68. The molecule has 0 amide bonds. The van der Waals surface area contributed by atoms with Crippen molar-refractivity contribution in [2.45, 2.75) is 32.2 Å². The molecule has 1 heterocycles. The van der Waals surface area contributed by atoms with Gasteiger partial charge in [0.05, 0.1) is 0 Å². The monoisotopic (exact) mass is 334 g/mol. The fourth-order valence-electron chi connectivity index (χ4n) is 3.78. The number of hydrogen-bond acceptors (Lipinski definition) is 2. The van der Waals surface area contributed by atoms with Crippen LogP contribution < -0.4 is 5.32 Å². The Hall–Kier alpha value is -2.06. The summed E-state index contributed by atoms with van der Waals surface area (Å²) in [6.07, 6.45) is 14.9. The van der Waals surface area contributed by atoms with E-state index in [2.05, 4.69) is 84.4 Å². The highest BCUT2D eigenvalue weighted by Crippen LogP contribution is 2.24. The van der Waals surface area contributed by atoms with Gasteiger partial charge in [-0.05, 0) is 30.9 Å².